The second-order valence-corrected chi connectivity index (χ2v) is 0. The van der Waals surface area contributed by atoms with Crippen LogP contribution in [-0.4, -0.2) is 0 Å². The maximum atomic E-state index is 0. The molecule has 0 atom stereocenters. The highest BCUT2D eigenvalue weighted by Crippen LogP contribution is 0.000605. The highest BCUT2D eigenvalue weighted by Gasteiger charge is -0.0546. The van der Waals surface area contributed by atoms with Gasteiger partial charge in [0.2, 0.25) is 0 Å². The van der Waals surface area contributed by atoms with Crippen LogP contribution in [0.1, 0.15) is 0 Å². The Morgan fingerprint density at radius 2 is 0.250 bits per heavy atom. The summed E-state index contributed by atoms with van der Waals surface area (Å²) in [7, 11) is 0. The summed E-state index contributed by atoms with van der Waals surface area (Å²) in [4.78, 5) is 0. The van der Waals surface area contributed by atoms with Crippen molar-refractivity contribution in [3.05, 3.63) is 0 Å². The van der Waals surface area contributed by atoms with Gasteiger partial charge in [0, 0.05) is 0 Å². The van der Waals surface area contributed by atoms with E-state index in [1.54, 1.807) is 0 Å². The zero-order valence-electron chi connectivity index (χ0n) is 3.82. The third kappa shape index (κ3) is 74.7. The van der Waals surface area contributed by atoms with E-state index in [4.69, 9.17) is 0 Å². The largest absolute Gasteiger partial charge is 1.00 e. The van der Waals surface area contributed by atoms with Crippen LogP contribution < -0.4 is 49.6 Å². The Balaban J connectivity index is 0. The van der Waals surface area contributed by atoms with Crippen molar-refractivity contribution in [1.82, 2.24) is 0 Å². The molecule has 0 fully saturated rings. The summed E-state index contributed by atoms with van der Waals surface area (Å²) in [6, 6.07) is 0. The summed E-state index contributed by atoms with van der Waals surface area (Å²) in [5, 5.41) is 0. The number of hydrogen-bond acceptors (Lipinski definition) is 0. The fourth-order valence-corrected chi connectivity index (χ4v) is 0. The number of rotatable bonds is 0. The van der Waals surface area contributed by atoms with E-state index in [-0.39, 0.29) is 104 Å². The first kappa shape index (κ1) is 147. The molecule has 0 aliphatic heterocycles. The maximum absolute atomic E-state index is 0. The van der Waals surface area contributed by atoms with Gasteiger partial charge < -0.3 is 49.6 Å². The molecule has 0 aromatic rings. The van der Waals surface area contributed by atoms with E-state index in [2.05, 4.69) is 0 Å². The van der Waals surface area contributed by atoms with Crippen LogP contribution in [0.15, 0.2) is 0 Å². The Morgan fingerprint density at radius 1 is 0.250 bits per heavy atom. The summed E-state index contributed by atoms with van der Waals surface area (Å²) in [5.74, 6) is 0. The average Bonchev–Trinajstić information content (AvgIpc) is 0. The van der Waals surface area contributed by atoms with Crippen molar-refractivity contribution in [2.75, 3.05) is 0 Å². The Bertz CT molecular complexity index is 8.00. The van der Waals surface area contributed by atoms with Gasteiger partial charge in [-0.15, -0.1) is 0 Å². The molecular formula is H12Cl4S4. The molecular weight excluding hydrogens is 270 g/mol. The highest BCUT2D eigenvalue weighted by atomic mass is 35.5. The average molecular weight is 282 g/mol. The van der Waals surface area contributed by atoms with E-state index in [0.29, 0.717) is 0 Å². The van der Waals surface area contributed by atoms with E-state index < -0.39 is 0 Å². The van der Waals surface area contributed by atoms with Crippen LogP contribution in [0, 0.1) is 0 Å². The lowest BCUT2D eigenvalue weighted by molar-refractivity contribution is -0.00100. The number of halogens is 4. The van der Waals surface area contributed by atoms with E-state index >= 15 is 0 Å². The molecule has 0 saturated heterocycles. The molecule has 8 heteroatoms. The molecule has 0 saturated carbocycles. The third-order valence-electron chi connectivity index (χ3n) is 0. The molecule has 64 valence electrons. The van der Waals surface area contributed by atoms with Gasteiger partial charge in [0.1, 0.15) is 0 Å². The lowest BCUT2D eigenvalue weighted by Gasteiger charge is -1.00. The molecule has 0 aliphatic rings. The Labute approximate surface area is 103 Å². The van der Waals surface area contributed by atoms with Crippen LogP contribution in [-0.2, 0) is 54.0 Å². The zero-order valence-corrected chi connectivity index (χ0v) is 11.5. The molecule has 0 unspecified atom stereocenters. The normalized spacial score (nSPS) is 0. The highest BCUT2D eigenvalue weighted by molar-refractivity contribution is 7.37. The molecule has 0 spiro atoms. The van der Waals surface area contributed by atoms with Gasteiger partial charge in [-0.2, -0.15) is 0 Å². The molecule has 0 aromatic carbocycles. The molecule has 0 aliphatic carbocycles. The molecule has 0 nitrogen and oxygen atoms in total. The van der Waals surface area contributed by atoms with Crippen molar-refractivity contribution in [2.45, 2.75) is 0 Å². The summed E-state index contributed by atoms with van der Waals surface area (Å²) in [6.45, 7) is 0. The SMILES string of the molecule is [Cl-].[Cl-].[Cl-].[Cl-].[SH3+].[SH3+].[SH3+].[SH3+]. The molecule has 0 N–H and O–H groups in total. The smallest absolute Gasteiger partial charge is 0.0576 e. The third-order valence-corrected chi connectivity index (χ3v) is 0. The van der Waals surface area contributed by atoms with Crippen LogP contribution in [0.3, 0.4) is 0 Å². The van der Waals surface area contributed by atoms with Gasteiger partial charge in [-0.05, 0) is 0 Å². The topological polar surface area (TPSA) is 0 Å². The van der Waals surface area contributed by atoms with Crippen LogP contribution in [0.4, 0.5) is 0 Å². The molecule has 0 heterocycles. The van der Waals surface area contributed by atoms with Gasteiger partial charge in [-0.3, -0.25) is 0 Å². The number of hydrogen-bond donors (Lipinski definition) is 0. The van der Waals surface area contributed by atoms with Crippen molar-refractivity contribution in [1.29, 1.82) is 0 Å². The lowest BCUT2D eigenvalue weighted by atomic mass is 32.1. The fourth-order valence-electron chi connectivity index (χ4n) is 0. The minimum atomic E-state index is 0. The van der Waals surface area contributed by atoms with Crippen LogP contribution in [0.2, 0.25) is 0 Å². The van der Waals surface area contributed by atoms with Crippen molar-refractivity contribution in [2.24, 2.45) is 0 Å². The van der Waals surface area contributed by atoms with Gasteiger partial charge in [0.05, 0.1) is 0 Å². The first-order valence-corrected chi connectivity index (χ1v) is 0. The summed E-state index contributed by atoms with van der Waals surface area (Å²) >= 11 is 0. The first-order chi connectivity index (χ1) is 0. The van der Waals surface area contributed by atoms with E-state index in [1.165, 1.54) is 0 Å². The van der Waals surface area contributed by atoms with Gasteiger partial charge >= 0.3 is 0 Å². The maximum Gasteiger partial charge on any atom is -0.0576 e. The Morgan fingerprint density at radius 3 is 0.250 bits per heavy atom. The predicted molar refractivity (Wildman–Crippen MR) is 46.2 cm³/mol. The molecule has 0 radical (unpaired) electrons. The minimum absolute atomic E-state index is 0. The second kappa shape index (κ2) is 107. The van der Waals surface area contributed by atoms with Crippen LogP contribution in [0.25, 0.3) is 0 Å². The van der Waals surface area contributed by atoms with E-state index in [1.807, 2.05) is 0 Å². The quantitative estimate of drug-likeness (QED) is 0.387. The van der Waals surface area contributed by atoms with E-state index in [9.17, 15) is 0 Å². The standard InChI is InChI=1S/4ClH.4H2S/h4*1H;4*1H2. The van der Waals surface area contributed by atoms with Crippen molar-refractivity contribution in [3.63, 3.8) is 0 Å². The van der Waals surface area contributed by atoms with E-state index in [0.717, 1.165) is 0 Å². The summed E-state index contributed by atoms with van der Waals surface area (Å²) in [5.41, 5.74) is 0. The minimum Gasteiger partial charge on any atom is -1.00 e. The lowest BCUT2D eigenvalue weighted by Crippen LogP contribution is -3.00. The van der Waals surface area contributed by atoms with Crippen LogP contribution in [0.5, 0.6) is 0 Å². The Kier molecular flexibility index (Phi) is 1970. The van der Waals surface area contributed by atoms with Crippen molar-refractivity contribution in [3.8, 4) is 0 Å². The molecule has 0 rings (SSSR count). The molecule has 0 bridgehead atoms. The predicted octanol–water partition coefficient (Wildman–Crippen LogP) is -15.2. The van der Waals surface area contributed by atoms with Crippen molar-refractivity contribution < 1.29 is 49.6 Å². The summed E-state index contributed by atoms with van der Waals surface area (Å²) < 4.78 is 0. The van der Waals surface area contributed by atoms with Gasteiger partial charge in [-0.1, -0.05) is 54.0 Å². The molecule has 0 amide bonds. The Hall–Kier alpha value is 2.56. The van der Waals surface area contributed by atoms with Crippen molar-refractivity contribution >= 4 is 54.0 Å². The zero-order chi connectivity index (χ0) is 0. The van der Waals surface area contributed by atoms with Crippen LogP contribution >= 0.6 is 0 Å². The molecule has 8 heavy (non-hydrogen) atoms. The fraction of sp³-hybridized carbons (Fsp3) is 0. The summed E-state index contributed by atoms with van der Waals surface area (Å²) in [6.07, 6.45) is 0. The van der Waals surface area contributed by atoms with Gasteiger partial charge in [0.15, 0.2) is 0 Å². The first-order valence-electron chi connectivity index (χ1n) is 0. The second-order valence-electron chi connectivity index (χ2n) is 0. The van der Waals surface area contributed by atoms with Gasteiger partial charge in [0.25, 0.3) is 0 Å². The monoisotopic (exact) mass is 280 g/mol. The molecule has 0 aromatic heterocycles. The van der Waals surface area contributed by atoms with Gasteiger partial charge in [-0.25, -0.2) is 0 Å².